The average molecular weight is 273 g/mol. The minimum atomic E-state index is -0.202. The molecule has 1 aromatic carbocycles. The topological polar surface area (TPSA) is 75.4 Å². The molecule has 0 spiro atoms. The standard InChI is InChI=1S/C15H19N3O2/c16-9-14(19)17-12-5-6-13-11(8-12)2-1-7-18(13)15(20)10-3-4-10/h5-6,8,10H,1-4,7,9,16H2,(H,17,19). The van der Waals surface area contributed by atoms with E-state index in [0.717, 1.165) is 49.2 Å². The maximum absolute atomic E-state index is 12.3. The fourth-order valence-electron chi connectivity index (χ4n) is 2.67. The lowest BCUT2D eigenvalue weighted by atomic mass is 10.0. The first kappa shape index (κ1) is 13.1. The molecule has 3 N–H and O–H groups in total. The van der Waals surface area contributed by atoms with Crippen LogP contribution in [-0.4, -0.2) is 24.9 Å². The molecule has 1 aliphatic heterocycles. The Balaban J connectivity index is 1.83. The van der Waals surface area contributed by atoms with E-state index in [0.29, 0.717) is 0 Å². The molecule has 1 saturated carbocycles. The van der Waals surface area contributed by atoms with E-state index in [1.807, 2.05) is 23.1 Å². The van der Waals surface area contributed by atoms with Crippen molar-refractivity contribution in [1.82, 2.24) is 0 Å². The highest BCUT2D eigenvalue weighted by Crippen LogP contribution is 2.36. The number of aryl methyl sites for hydroxylation is 1. The largest absolute Gasteiger partial charge is 0.325 e. The minimum absolute atomic E-state index is 0.0244. The van der Waals surface area contributed by atoms with Crippen LogP contribution in [0.1, 0.15) is 24.8 Å². The van der Waals surface area contributed by atoms with Crippen LogP contribution in [0.4, 0.5) is 11.4 Å². The number of nitrogens with zero attached hydrogens (tertiary/aromatic N) is 1. The number of carbonyl (C=O) groups excluding carboxylic acids is 2. The van der Waals surface area contributed by atoms with Crippen molar-refractivity contribution < 1.29 is 9.59 Å². The number of benzene rings is 1. The van der Waals surface area contributed by atoms with Gasteiger partial charge in [-0.15, -0.1) is 0 Å². The monoisotopic (exact) mass is 273 g/mol. The van der Waals surface area contributed by atoms with Crippen LogP contribution in [0.15, 0.2) is 18.2 Å². The number of hydrogen-bond acceptors (Lipinski definition) is 3. The van der Waals surface area contributed by atoms with Crippen LogP contribution in [0.3, 0.4) is 0 Å². The van der Waals surface area contributed by atoms with Gasteiger partial charge in [-0.05, 0) is 49.4 Å². The number of amides is 2. The lowest BCUT2D eigenvalue weighted by molar-refractivity contribution is -0.120. The predicted molar refractivity (Wildman–Crippen MR) is 77.5 cm³/mol. The molecule has 1 aromatic rings. The zero-order valence-corrected chi connectivity index (χ0v) is 11.4. The van der Waals surface area contributed by atoms with E-state index in [-0.39, 0.29) is 24.3 Å². The second kappa shape index (κ2) is 5.25. The number of anilines is 2. The smallest absolute Gasteiger partial charge is 0.238 e. The molecule has 20 heavy (non-hydrogen) atoms. The van der Waals surface area contributed by atoms with Gasteiger partial charge in [-0.2, -0.15) is 0 Å². The Morgan fingerprint density at radius 3 is 2.85 bits per heavy atom. The van der Waals surface area contributed by atoms with Crippen molar-refractivity contribution in [3.8, 4) is 0 Å². The summed E-state index contributed by atoms with van der Waals surface area (Å²) in [5.41, 5.74) is 8.17. The molecular formula is C15H19N3O2. The molecule has 1 heterocycles. The van der Waals surface area contributed by atoms with Gasteiger partial charge in [-0.1, -0.05) is 0 Å². The summed E-state index contributed by atoms with van der Waals surface area (Å²) in [5, 5.41) is 2.75. The van der Waals surface area contributed by atoms with E-state index in [4.69, 9.17) is 5.73 Å². The Labute approximate surface area is 118 Å². The van der Waals surface area contributed by atoms with E-state index in [2.05, 4.69) is 5.32 Å². The molecule has 1 aliphatic carbocycles. The fraction of sp³-hybridized carbons (Fsp3) is 0.467. The third kappa shape index (κ3) is 2.54. The first-order valence-electron chi connectivity index (χ1n) is 7.13. The molecule has 0 aromatic heterocycles. The Bertz CT molecular complexity index is 552. The second-order valence-corrected chi connectivity index (χ2v) is 5.46. The highest BCUT2D eigenvalue weighted by atomic mass is 16.2. The summed E-state index contributed by atoms with van der Waals surface area (Å²) in [5.74, 6) is 0.286. The van der Waals surface area contributed by atoms with Gasteiger partial charge in [0.15, 0.2) is 0 Å². The van der Waals surface area contributed by atoms with Crippen LogP contribution in [0.25, 0.3) is 0 Å². The molecule has 0 atom stereocenters. The summed E-state index contributed by atoms with van der Waals surface area (Å²) in [7, 11) is 0. The first-order valence-corrected chi connectivity index (χ1v) is 7.13. The Kier molecular flexibility index (Phi) is 3.44. The normalized spacial score (nSPS) is 17.6. The van der Waals surface area contributed by atoms with Crippen LogP contribution < -0.4 is 16.0 Å². The third-order valence-electron chi connectivity index (χ3n) is 3.86. The molecule has 0 bridgehead atoms. The molecule has 5 nitrogen and oxygen atoms in total. The van der Waals surface area contributed by atoms with Crippen molar-refractivity contribution in [2.75, 3.05) is 23.3 Å². The number of rotatable bonds is 3. The molecule has 0 radical (unpaired) electrons. The van der Waals surface area contributed by atoms with Gasteiger partial charge in [-0.3, -0.25) is 9.59 Å². The summed E-state index contributed by atoms with van der Waals surface area (Å²) in [6.07, 6.45) is 3.96. The van der Waals surface area contributed by atoms with E-state index >= 15 is 0 Å². The van der Waals surface area contributed by atoms with E-state index in [1.54, 1.807) is 0 Å². The van der Waals surface area contributed by atoms with Gasteiger partial charge in [0.1, 0.15) is 0 Å². The van der Waals surface area contributed by atoms with Crippen molar-refractivity contribution in [1.29, 1.82) is 0 Å². The van der Waals surface area contributed by atoms with Crippen LogP contribution >= 0.6 is 0 Å². The summed E-state index contributed by atoms with van der Waals surface area (Å²) in [6, 6.07) is 5.72. The molecule has 1 fully saturated rings. The maximum Gasteiger partial charge on any atom is 0.238 e. The van der Waals surface area contributed by atoms with Gasteiger partial charge in [0.05, 0.1) is 6.54 Å². The molecule has 2 aliphatic rings. The molecule has 0 saturated heterocycles. The van der Waals surface area contributed by atoms with Crippen LogP contribution in [0.5, 0.6) is 0 Å². The fourth-order valence-corrected chi connectivity index (χ4v) is 2.67. The van der Waals surface area contributed by atoms with Gasteiger partial charge in [0.2, 0.25) is 11.8 Å². The number of nitrogens with one attached hydrogen (secondary N) is 1. The average Bonchev–Trinajstić information content (AvgIpc) is 3.30. The molecule has 0 unspecified atom stereocenters. The van der Waals surface area contributed by atoms with Crippen molar-refractivity contribution >= 4 is 23.2 Å². The third-order valence-corrected chi connectivity index (χ3v) is 3.86. The predicted octanol–water partition coefficient (Wildman–Crippen LogP) is 1.27. The highest BCUT2D eigenvalue weighted by molar-refractivity contribution is 5.98. The van der Waals surface area contributed by atoms with Gasteiger partial charge < -0.3 is 16.0 Å². The zero-order valence-electron chi connectivity index (χ0n) is 11.4. The van der Waals surface area contributed by atoms with E-state index in [1.165, 1.54) is 0 Å². The molecule has 2 amide bonds. The van der Waals surface area contributed by atoms with Gasteiger partial charge >= 0.3 is 0 Å². The van der Waals surface area contributed by atoms with Gasteiger partial charge in [0.25, 0.3) is 0 Å². The van der Waals surface area contributed by atoms with E-state index < -0.39 is 0 Å². The summed E-state index contributed by atoms with van der Waals surface area (Å²) < 4.78 is 0. The Morgan fingerprint density at radius 2 is 2.15 bits per heavy atom. The van der Waals surface area contributed by atoms with Crippen molar-refractivity contribution in [2.24, 2.45) is 11.7 Å². The van der Waals surface area contributed by atoms with Crippen molar-refractivity contribution in [3.63, 3.8) is 0 Å². The quantitative estimate of drug-likeness (QED) is 0.871. The molecular weight excluding hydrogens is 254 g/mol. The van der Waals surface area contributed by atoms with Crippen LogP contribution in [0.2, 0.25) is 0 Å². The first-order chi connectivity index (χ1) is 9.69. The Morgan fingerprint density at radius 1 is 1.35 bits per heavy atom. The molecule has 5 heteroatoms. The SMILES string of the molecule is NCC(=O)Nc1ccc2c(c1)CCCN2C(=O)C1CC1. The van der Waals surface area contributed by atoms with Crippen LogP contribution in [-0.2, 0) is 16.0 Å². The van der Waals surface area contributed by atoms with E-state index in [9.17, 15) is 9.59 Å². The van der Waals surface area contributed by atoms with Crippen LogP contribution in [0, 0.1) is 5.92 Å². The zero-order chi connectivity index (χ0) is 14.1. The van der Waals surface area contributed by atoms with Crippen molar-refractivity contribution in [3.05, 3.63) is 23.8 Å². The number of carbonyl (C=O) groups is 2. The summed E-state index contributed by atoms with van der Waals surface area (Å²) in [6.45, 7) is 0.778. The lowest BCUT2D eigenvalue weighted by Gasteiger charge is -2.30. The second-order valence-electron chi connectivity index (χ2n) is 5.46. The Hall–Kier alpha value is -1.88. The summed E-state index contributed by atoms with van der Waals surface area (Å²) >= 11 is 0. The van der Waals surface area contributed by atoms with Crippen molar-refractivity contribution in [2.45, 2.75) is 25.7 Å². The minimum Gasteiger partial charge on any atom is -0.325 e. The van der Waals surface area contributed by atoms with Gasteiger partial charge in [-0.25, -0.2) is 0 Å². The molecule has 106 valence electrons. The number of hydrogen-bond donors (Lipinski definition) is 2. The highest BCUT2D eigenvalue weighted by Gasteiger charge is 2.35. The number of fused-ring (bicyclic) bond motifs is 1. The molecule has 3 rings (SSSR count). The maximum atomic E-state index is 12.3. The number of nitrogens with two attached hydrogens (primary N) is 1. The van der Waals surface area contributed by atoms with Gasteiger partial charge in [0, 0.05) is 23.8 Å². The summed E-state index contributed by atoms with van der Waals surface area (Å²) in [4.78, 5) is 25.5. The lowest BCUT2D eigenvalue weighted by Crippen LogP contribution is -2.36.